The van der Waals surface area contributed by atoms with Crippen LogP contribution < -0.4 is 0 Å². The Morgan fingerprint density at radius 2 is 1.78 bits per heavy atom. The first-order valence-corrected chi connectivity index (χ1v) is 8.69. The van der Waals surface area contributed by atoms with Crippen LogP contribution in [-0.2, 0) is 15.9 Å². The van der Waals surface area contributed by atoms with Crippen LogP contribution in [0.1, 0.15) is 58.2 Å². The summed E-state index contributed by atoms with van der Waals surface area (Å²) in [4.78, 5) is 0. The predicted molar refractivity (Wildman–Crippen MR) is 105 cm³/mol. The lowest BCUT2D eigenvalue weighted by molar-refractivity contribution is 0.0174. The zero-order valence-corrected chi connectivity index (χ0v) is 15.4. The van der Waals surface area contributed by atoms with Crippen molar-refractivity contribution >= 4 is 12.2 Å². The number of benzene rings is 1. The van der Waals surface area contributed by atoms with E-state index in [1.807, 2.05) is 32.9 Å². The van der Waals surface area contributed by atoms with Gasteiger partial charge in [0.2, 0.25) is 0 Å². The minimum atomic E-state index is 0. The number of aryl methyl sites for hydroxylation is 1. The molecule has 0 bridgehead atoms. The number of hydrogen-bond acceptors (Lipinski definition) is 2. The van der Waals surface area contributed by atoms with E-state index < -0.39 is 0 Å². The molecule has 0 heterocycles. The van der Waals surface area contributed by atoms with E-state index >= 15 is 0 Å². The third-order valence-corrected chi connectivity index (χ3v) is 3.60. The molecule has 2 nitrogen and oxygen atoms in total. The highest BCUT2D eigenvalue weighted by atomic mass is 16.5. The summed E-state index contributed by atoms with van der Waals surface area (Å²) < 4.78 is 10.7. The zero-order chi connectivity index (χ0) is 17.5. The Morgan fingerprint density at radius 3 is 2.39 bits per heavy atom. The third kappa shape index (κ3) is 9.37. The summed E-state index contributed by atoms with van der Waals surface area (Å²) in [7, 11) is 1.71. The number of hydrogen-bond donors (Lipinski definition) is 0. The summed E-state index contributed by atoms with van der Waals surface area (Å²) >= 11 is 0. The highest BCUT2D eigenvalue weighted by molar-refractivity contribution is 5.64. The molecule has 23 heavy (non-hydrogen) atoms. The Balaban J connectivity index is 0. The molecule has 1 aromatic carbocycles. The molecule has 2 heteroatoms. The molecule has 0 spiro atoms. The Morgan fingerprint density at radius 1 is 1.09 bits per heavy atom. The van der Waals surface area contributed by atoms with Crippen molar-refractivity contribution in [2.24, 2.45) is 0 Å². The van der Waals surface area contributed by atoms with Crippen molar-refractivity contribution in [2.75, 3.05) is 20.3 Å². The van der Waals surface area contributed by atoms with Crippen LogP contribution in [0.25, 0.3) is 12.2 Å². The molecule has 0 aliphatic rings. The predicted octanol–water partition coefficient (Wildman–Crippen LogP) is 6.01. The Hall–Kier alpha value is -1.38. The van der Waals surface area contributed by atoms with Crippen molar-refractivity contribution in [2.45, 2.75) is 52.6 Å². The molecule has 0 amide bonds. The quantitative estimate of drug-likeness (QED) is 0.465. The van der Waals surface area contributed by atoms with Crippen LogP contribution in [0.3, 0.4) is 0 Å². The van der Waals surface area contributed by atoms with Gasteiger partial charge in [0.25, 0.3) is 0 Å². The van der Waals surface area contributed by atoms with Gasteiger partial charge in [0, 0.05) is 15.1 Å². The topological polar surface area (TPSA) is 18.5 Å². The summed E-state index contributed by atoms with van der Waals surface area (Å²) in [6.45, 7) is 15.2. The maximum atomic E-state index is 5.56. The highest BCUT2D eigenvalue weighted by Gasteiger charge is 2.00. The van der Waals surface area contributed by atoms with Crippen LogP contribution in [0.5, 0.6) is 0 Å². The zero-order valence-electron chi connectivity index (χ0n) is 15.4. The maximum Gasteiger partial charge on any atom is 0.0776 e. The van der Waals surface area contributed by atoms with Crippen LogP contribution in [0, 0.1) is 0 Å². The van der Waals surface area contributed by atoms with Gasteiger partial charge in [-0.1, -0.05) is 63.8 Å². The first-order chi connectivity index (χ1) is 11.2. The second-order valence-corrected chi connectivity index (χ2v) is 5.30. The molecule has 0 fully saturated rings. The summed E-state index contributed by atoms with van der Waals surface area (Å²) in [6, 6.07) is 6.51. The van der Waals surface area contributed by atoms with Gasteiger partial charge in [0.05, 0.1) is 12.7 Å². The third-order valence-electron chi connectivity index (χ3n) is 3.60. The Bertz CT molecular complexity index is 443. The normalized spacial score (nSPS) is 11.3. The Kier molecular flexibility index (Phi) is 13.4. The number of ether oxygens (including phenoxy) is 2. The van der Waals surface area contributed by atoms with Gasteiger partial charge in [-0.15, -0.1) is 0 Å². The van der Waals surface area contributed by atoms with E-state index in [4.69, 9.17) is 9.47 Å². The van der Waals surface area contributed by atoms with Crippen molar-refractivity contribution in [1.29, 1.82) is 0 Å². The van der Waals surface area contributed by atoms with E-state index in [0.29, 0.717) is 6.61 Å². The van der Waals surface area contributed by atoms with Crippen LogP contribution in [0.4, 0.5) is 0 Å². The van der Waals surface area contributed by atoms with Gasteiger partial charge in [0.1, 0.15) is 0 Å². The van der Waals surface area contributed by atoms with Gasteiger partial charge >= 0.3 is 0 Å². The fraction of sp³-hybridized carbons (Fsp3) is 0.524. The summed E-state index contributed by atoms with van der Waals surface area (Å²) in [5, 5.41) is 0. The first kappa shape index (κ1) is 21.6. The molecule has 0 radical (unpaired) electrons. The molecule has 132 valence electrons. The molecule has 0 aliphatic carbocycles. The molecule has 0 aliphatic heterocycles. The SMILES string of the molecule is C=Cc1ccc(CCCCCOC[C@H](C)OC)cc1C=C.CC.[HH]. The monoisotopic (exact) mass is 320 g/mol. The van der Waals surface area contributed by atoms with Gasteiger partial charge in [-0.3, -0.25) is 0 Å². The van der Waals surface area contributed by atoms with Crippen molar-refractivity contribution in [3.05, 3.63) is 48.0 Å². The van der Waals surface area contributed by atoms with E-state index in [1.54, 1.807) is 7.11 Å². The van der Waals surface area contributed by atoms with Gasteiger partial charge in [-0.2, -0.15) is 0 Å². The first-order valence-electron chi connectivity index (χ1n) is 8.69. The van der Waals surface area contributed by atoms with Crippen molar-refractivity contribution < 1.29 is 10.9 Å². The lowest BCUT2D eigenvalue weighted by atomic mass is 10.0. The van der Waals surface area contributed by atoms with Crippen LogP contribution >= 0.6 is 0 Å². The Labute approximate surface area is 144 Å². The molecule has 0 unspecified atom stereocenters. The molecule has 1 aromatic rings. The van der Waals surface area contributed by atoms with Crippen LogP contribution in [0.15, 0.2) is 31.4 Å². The maximum absolute atomic E-state index is 5.56. The molecular formula is C21H36O2. The van der Waals surface area contributed by atoms with Gasteiger partial charge in [-0.25, -0.2) is 0 Å². The van der Waals surface area contributed by atoms with Crippen LogP contribution in [-0.4, -0.2) is 26.4 Å². The molecule has 0 saturated heterocycles. The van der Waals surface area contributed by atoms with Crippen LogP contribution in [0.2, 0.25) is 0 Å². The summed E-state index contributed by atoms with van der Waals surface area (Å²) in [5.41, 5.74) is 3.68. The molecule has 1 rings (SSSR count). The number of methoxy groups -OCH3 is 1. The molecular weight excluding hydrogens is 284 g/mol. The van der Waals surface area contributed by atoms with Crippen molar-refractivity contribution in [3.63, 3.8) is 0 Å². The average Bonchev–Trinajstić information content (AvgIpc) is 2.62. The van der Waals surface area contributed by atoms with E-state index in [-0.39, 0.29) is 7.53 Å². The summed E-state index contributed by atoms with van der Waals surface area (Å²) in [6.07, 6.45) is 8.54. The van der Waals surface area contributed by atoms with Crippen molar-refractivity contribution in [3.8, 4) is 0 Å². The lowest BCUT2D eigenvalue weighted by Crippen LogP contribution is -2.14. The number of unbranched alkanes of at least 4 members (excludes halogenated alkanes) is 2. The molecule has 0 aromatic heterocycles. The average molecular weight is 321 g/mol. The number of rotatable bonds is 11. The van der Waals surface area contributed by atoms with E-state index in [0.717, 1.165) is 25.0 Å². The van der Waals surface area contributed by atoms with Gasteiger partial charge in [0.15, 0.2) is 0 Å². The van der Waals surface area contributed by atoms with Gasteiger partial charge in [-0.05, 0) is 42.9 Å². The highest BCUT2D eigenvalue weighted by Crippen LogP contribution is 2.16. The fourth-order valence-corrected chi connectivity index (χ4v) is 2.17. The van der Waals surface area contributed by atoms with E-state index in [9.17, 15) is 0 Å². The molecule has 0 N–H and O–H groups in total. The standard InChI is InChI=1S/C19H28O2.C2H6.H2/c1-5-18-12-11-17(14-19(18)6-2)10-8-7-9-13-21-15-16(3)20-4;1-2;/h5-6,11-12,14,16H,1-2,7-10,13,15H2,3-4H3;1-2H3;1H/t16-;;/m0../s1. The second kappa shape index (κ2) is 14.2. The van der Waals surface area contributed by atoms with Crippen molar-refractivity contribution in [1.82, 2.24) is 0 Å². The molecule has 0 saturated carbocycles. The van der Waals surface area contributed by atoms with Gasteiger partial charge < -0.3 is 9.47 Å². The lowest BCUT2D eigenvalue weighted by Gasteiger charge is -2.10. The minimum Gasteiger partial charge on any atom is -0.379 e. The summed E-state index contributed by atoms with van der Waals surface area (Å²) in [5.74, 6) is 0. The molecule has 1 atom stereocenters. The smallest absolute Gasteiger partial charge is 0.0776 e. The van der Waals surface area contributed by atoms with E-state index in [2.05, 4.69) is 31.4 Å². The largest absolute Gasteiger partial charge is 0.379 e. The fourth-order valence-electron chi connectivity index (χ4n) is 2.17. The minimum absolute atomic E-state index is 0. The second-order valence-electron chi connectivity index (χ2n) is 5.30. The van der Waals surface area contributed by atoms with E-state index in [1.165, 1.54) is 24.0 Å².